The maximum absolute atomic E-state index is 12.6. The molecule has 1 aliphatic carbocycles. The number of nitrogens with one attached hydrogen (secondary N) is 2. The standard InChI is InChI=1S/C21H23F2N5O2/c1-12-24-10-18(30-12)14-2-3-15-9-26-21(27-17(15)8-14)28-20(29)13-4-6-16(7-5-13)25-11-19(22)23/h2-3,8-10,13,16,19,25H,4-7,11H2,1H3,(H,26,27,28,29)/t13-,16-. The molecule has 1 fully saturated rings. The Labute approximate surface area is 172 Å². The van der Waals surface area contributed by atoms with Gasteiger partial charge in [-0.3, -0.25) is 10.1 Å². The minimum Gasteiger partial charge on any atom is -0.441 e. The lowest BCUT2D eigenvalue weighted by molar-refractivity contribution is -0.120. The van der Waals surface area contributed by atoms with E-state index < -0.39 is 6.43 Å². The second-order valence-electron chi connectivity index (χ2n) is 7.55. The summed E-state index contributed by atoms with van der Waals surface area (Å²) in [4.78, 5) is 25.4. The van der Waals surface area contributed by atoms with Gasteiger partial charge in [0.25, 0.3) is 6.43 Å². The molecule has 0 unspecified atom stereocenters. The summed E-state index contributed by atoms with van der Waals surface area (Å²) < 4.78 is 30.2. The number of oxazole rings is 1. The highest BCUT2D eigenvalue weighted by Gasteiger charge is 2.27. The second kappa shape index (κ2) is 8.83. The lowest BCUT2D eigenvalue weighted by atomic mass is 9.85. The van der Waals surface area contributed by atoms with E-state index in [0.717, 1.165) is 10.9 Å². The van der Waals surface area contributed by atoms with Crippen LogP contribution in [0.5, 0.6) is 0 Å². The highest BCUT2D eigenvalue weighted by atomic mass is 19.3. The Hall–Kier alpha value is -2.94. The van der Waals surface area contributed by atoms with Crippen LogP contribution in [0.25, 0.3) is 22.2 Å². The fourth-order valence-electron chi connectivity index (χ4n) is 3.76. The van der Waals surface area contributed by atoms with Crippen LogP contribution in [0.4, 0.5) is 14.7 Å². The van der Waals surface area contributed by atoms with Crippen molar-refractivity contribution >= 4 is 22.8 Å². The van der Waals surface area contributed by atoms with Crippen molar-refractivity contribution < 1.29 is 18.0 Å². The summed E-state index contributed by atoms with van der Waals surface area (Å²) in [5.41, 5.74) is 1.53. The van der Waals surface area contributed by atoms with Crippen molar-refractivity contribution in [3.63, 3.8) is 0 Å². The third-order valence-electron chi connectivity index (χ3n) is 5.38. The molecule has 1 aliphatic rings. The molecular formula is C21H23F2N5O2. The zero-order valence-electron chi connectivity index (χ0n) is 16.6. The fraction of sp³-hybridized carbons (Fsp3) is 0.429. The van der Waals surface area contributed by atoms with Crippen LogP contribution in [0.3, 0.4) is 0 Å². The Bertz CT molecular complexity index is 1030. The van der Waals surface area contributed by atoms with Gasteiger partial charge < -0.3 is 9.73 Å². The lowest BCUT2D eigenvalue weighted by Gasteiger charge is -2.28. The van der Waals surface area contributed by atoms with E-state index >= 15 is 0 Å². The van der Waals surface area contributed by atoms with Gasteiger partial charge in [0.15, 0.2) is 11.7 Å². The van der Waals surface area contributed by atoms with Crippen molar-refractivity contribution in [3.8, 4) is 11.3 Å². The van der Waals surface area contributed by atoms with Gasteiger partial charge >= 0.3 is 0 Å². The number of aryl methyl sites for hydroxylation is 1. The van der Waals surface area contributed by atoms with Crippen LogP contribution in [0, 0.1) is 12.8 Å². The molecule has 2 N–H and O–H groups in total. The molecule has 1 amide bonds. The number of aromatic nitrogens is 3. The molecule has 0 bridgehead atoms. The molecule has 2 aromatic heterocycles. The molecule has 2 heterocycles. The molecule has 0 spiro atoms. The number of amides is 1. The van der Waals surface area contributed by atoms with Gasteiger partial charge in [0, 0.05) is 36.0 Å². The summed E-state index contributed by atoms with van der Waals surface area (Å²) in [6.45, 7) is 1.48. The van der Waals surface area contributed by atoms with E-state index in [0.29, 0.717) is 42.9 Å². The number of fused-ring (bicyclic) bond motifs is 1. The van der Waals surface area contributed by atoms with Crippen LogP contribution in [-0.4, -0.2) is 39.9 Å². The first-order chi connectivity index (χ1) is 14.5. The molecule has 7 nitrogen and oxygen atoms in total. The lowest BCUT2D eigenvalue weighted by Crippen LogP contribution is -2.38. The summed E-state index contributed by atoms with van der Waals surface area (Å²) in [5.74, 6) is 1.17. The Morgan fingerprint density at radius 2 is 2.00 bits per heavy atom. The van der Waals surface area contributed by atoms with Crippen molar-refractivity contribution in [2.45, 2.75) is 45.1 Å². The SMILES string of the molecule is Cc1ncc(-c2ccc3cnc(NC(=O)[C@H]4CC[C@H](NCC(F)F)CC4)nc3c2)o1. The highest BCUT2D eigenvalue weighted by Crippen LogP contribution is 2.27. The topological polar surface area (TPSA) is 92.9 Å². The number of benzene rings is 1. The fourth-order valence-corrected chi connectivity index (χ4v) is 3.76. The van der Waals surface area contributed by atoms with Crippen molar-refractivity contribution in [1.82, 2.24) is 20.3 Å². The zero-order chi connectivity index (χ0) is 21.1. The van der Waals surface area contributed by atoms with E-state index in [1.54, 1.807) is 19.3 Å². The van der Waals surface area contributed by atoms with Gasteiger partial charge in [0.1, 0.15) is 0 Å². The molecule has 0 atom stereocenters. The van der Waals surface area contributed by atoms with Gasteiger partial charge in [-0.2, -0.15) is 0 Å². The molecule has 3 aromatic rings. The van der Waals surface area contributed by atoms with Crippen LogP contribution in [-0.2, 0) is 4.79 Å². The number of rotatable bonds is 6. The summed E-state index contributed by atoms with van der Waals surface area (Å²) in [7, 11) is 0. The van der Waals surface area contributed by atoms with Crippen LogP contribution in [0.15, 0.2) is 35.0 Å². The first kappa shape index (κ1) is 20.3. The number of halogens is 2. The number of nitrogens with zero attached hydrogens (tertiary/aromatic N) is 3. The van der Waals surface area contributed by atoms with Gasteiger partial charge in [-0.05, 0) is 31.7 Å². The number of anilines is 1. The number of hydrogen-bond donors (Lipinski definition) is 2. The predicted molar refractivity (Wildman–Crippen MR) is 108 cm³/mol. The maximum Gasteiger partial charge on any atom is 0.250 e. The van der Waals surface area contributed by atoms with Gasteiger partial charge in [-0.25, -0.2) is 23.7 Å². The van der Waals surface area contributed by atoms with Crippen molar-refractivity contribution in [1.29, 1.82) is 0 Å². The molecule has 30 heavy (non-hydrogen) atoms. The molecule has 0 aliphatic heterocycles. The normalized spacial score (nSPS) is 19.3. The Balaban J connectivity index is 1.40. The van der Waals surface area contributed by atoms with E-state index in [-0.39, 0.29) is 30.4 Å². The van der Waals surface area contributed by atoms with Gasteiger partial charge in [0.05, 0.1) is 18.3 Å². The Morgan fingerprint density at radius 3 is 2.70 bits per heavy atom. The van der Waals surface area contributed by atoms with E-state index in [1.165, 1.54) is 0 Å². The number of alkyl halides is 2. The Morgan fingerprint density at radius 1 is 1.20 bits per heavy atom. The van der Waals surface area contributed by atoms with E-state index in [1.807, 2.05) is 18.2 Å². The van der Waals surface area contributed by atoms with Crippen molar-refractivity contribution in [2.75, 3.05) is 11.9 Å². The smallest absolute Gasteiger partial charge is 0.250 e. The second-order valence-corrected chi connectivity index (χ2v) is 7.55. The van der Waals surface area contributed by atoms with E-state index in [4.69, 9.17) is 4.42 Å². The minimum absolute atomic E-state index is 0.0399. The molecular weight excluding hydrogens is 392 g/mol. The predicted octanol–water partition coefficient (Wildman–Crippen LogP) is 3.95. The van der Waals surface area contributed by atoms with E-state index in [9.17, 15) is 13.6 Å². The monoisotopic (exact) mass is 415 g/mol. The van der Waals surface area contributed by atoms with Gasteiger partial charge in [-0.15, -0.1) is 0 Å². The molecule has 9 heteroatoms. The van der Waals surface area contributed by atoms with Gasteiger partial charge in [0.2, 0.25) is 11.9 Å². The molecule has 4 rings (SSSR count). The Kier molecular flexibility index (Phi) is 5.98. The molecule has 1 saturated carbocycles. The number of hydrogen-bond acceptors (Lipinski definition) is 6. The number of carbonyl (C=O) groups is 1. The average molecular weight is 415 g/mol. The molecule has 0 radical (unpaired) electrons. The van der Waals surface area contributed by atoms with E-state index in [2.05, 4.69) is 25.6 Å². The summed E-state index contributed by atoms with van der Waals surface area (Å²) in [5, 5.41) is 6.49. The summed E-state index contributed by atoms with van der Waals surface area (Å²) in [6.07, 6.45) is 3.66. The van der Waals surface area contributed by atoms with Crippen LogP contribution >= 0.6 is 0 Å². The minimum atomic E-state index is -2.36. The summed E-state index contributed by atoms with van der Waals surface area (Å²) >= 11 is 0. The largest absolute Gasteiger partial charge is 0.441 e. The molecule has 1 aromatic carbocycles. The molecule has 158 valence electrons. The first-order valence-electron chi connectivity index (χ1n) is 10.00. The first-order valence-corrected chi connectivity index (χ1v) is 10.00. The summed E-state index contributed by atoms with van der Waals surface area (Å²) in [6, 6.07) is 5.71. The van der Waals surface area contributed by atoms with Gasteiger partial charge in [-0.1, -0.05) is 12.1 Å². The van der Waals surface area contributed by atoms with Crippen LogP contribution in [0.1, 0.15) is 31.6 Å². The molecule has 0 saturated heterocycles. The third kappa shape index (κ3) is 4.79. The number of carbonyl (C=O) groups excluding carboxylic acids is 1. The van der Waals surface area contributed by atoms with Crippen molar-refractivity contribution in [2.24, 2.45) is 5.92 Å². The van der Waals surface area contributed by atoms with Crippen molar-refractivity contribution in [3.05, 3.63) is 36.5 Å². The third-order valence-corrected chi connectivity index (χ3v) is 5.38. The van der Waals surface area contributed by atoms with Crippen LogP contribution in [0.2, 0.25) is 0 Å². The average Bonchev–Trinajstić information content (AvgIpc) is 3.18. The zero-order valence-corrected chi connectivity index (χ0v) is 16.6. The maximum atomic E-state index is 12.6. The van der Waals surface area contributed by atoms with Crippen LogP contribution < -0.4 is 10.6 Å². The highest BCUT2D eigenvalue weighted by molar-refractivity contribution is 5.92. The quantitative estimate of drug-likeness (QED) is 0.633.